The van der Waals surface area contributed by atoms with Crippen LogP contribution >= 0.6 is 15.9 Å². The number of hydrogen-bond donors (Lipinski definition) is 1. The molecule has 1 heterocycles. The van der Waals surface area contributed by atoms with Crippen molar-refractivity contribution in [1.29, 1.82) is 0 Å². The Balaban J connectivity index is 1.90. The van der Waals surface area contributed by atoms with E-state index in [-0.39, 0.29) is 5.91 Å². The molecule has 1 atom stereocenters. The van der Waals surface area contributed by atoms with Crippen LogP contribution < -0.4 is 5.90 Å². The lowest BCUT2D eigenvalue weighted by molar-refractivity contribution is -0.132. The van der Waals surface area contributed by atoms with Crippen LogP contribution in [0.25, 0.3) is 0 Å². The summed E-state index contributed by atoms with van der Waals surface area (Å²) in [4.78, 5) is 18.9. The van der Waals surface area contributed by atoms with Crippen molar-refractivity contribution in [2.24, 2.45) is 11.8 Å². The van der Waals surface area contributed by atoms with Gasteiger partial charge in [-0.1, -0.05) is 28.1 Å². The summed E-state index contributed by atoms with van der Waals surface area (Å²) in [5.41, 5.74) is 1.05. The van der Waals surface area contributed by atoms with Gasteiger partial charge < -0.3 is 9.74 Å². The topological polar surface area (TPSA) is 55.6 Å². The normalized spacial score (nSPS) is 19.5. The molecule has 4 nitrogen and oxygen atoms in total. The van der Waals surface area contributed by atoms with Crippen molar-refractivity contribution in [3.8, 4) is 0 Å². The van der Waals surface area contributed by atoms with E-state index in [1.165, 1.54) is 0 Å². The molecule has 0 saturated carbocycles. The number of carbonyl (C=O) groups excluding carboxylic acids is 1. The van der Waals surface area contributed by atoms with E-state index in [1.807, 2.05) is 29.2 Å². The maximum Gasteiger partial charge on any atom is 0.226 e. The number of hydrogen-bond acceptors (Lipinski definition) is 3. The van der Waals surface area contributed by atoms with Crippen molar-refractivity contribution in [3.05, 3.63) is 34.3 Å². The minimum absolute atomic E-state index is 0.184. The molecular weight excluding hydrogens is 308 g/mol. The van der Waals surface area contributed by atoms with Crippen LogP contribution in [0.5, 0.6) is 0 Å². The average molecular weight is 327 g/mol. The van der Waals surface area contributed by atoms with E-state index in [0.29, 0.717) is 18.9 Å². The fraction of sp³-hybridized carbons (Fsp3) is 0.500. The van der Waals surface area contributed by atoms with Gasteiger partial charge in [0.1, 0.15) is 0 Å². The number of nitrogens with zero attached hydrogens (tertiary/aromatic N) is 1. The van der Waals surface area contributed by atoms with Crippen LogP contribution in [0.3, 0.4) is 0 Å². The third-order valence-electron chi connectivity index (χ3n) is 3.47. The zero-order valence-corrected chi connectivity index (χ0v) is 12.4. The molecule has 1 fully saturated rings. The van der Waals surface area contributed by atoms with E-state index < -0.39 is 0 Å². The lowest BCUT2D eigenvalue weighted by atomic mass is 9.98. The minimum atomic E-state index is 0.184. The van der Waals surface area contributed by atoms with E-state index >= 15 is 0 Å². The highest BCUT2D eigenvalue weighted by atomic mass is 79.9. The molecule has 0 radical (unpaired) electrons. The zero-order valence-electron chi connectivity index (χ0n) is 10.8. The highest BCUT2D eigenvalue weighted by Gasteiger charge is 2.23. The summed E-state index contributed by atoms with van der Waals surface area (Å²) in [6, 6.07) is 7.88. The standard InChI is InChI=1S/C14H19BrN2O2/c15-13-5-3-11(4-6-13)8-14(18)17-7-1-2-12(9-17)10-19-16/h3-6,12H,1-2,7-10,16H2. The molecule has 2 N–H and O–H groups in total. The summed E-state index contributed by atoms with van der Waals surface area (Å²) in [7, 11) is 0. The van der Waals surface area contributed by atoms with E-state index in [2.05, 4.69) is 15.9 Å². The first-order valence-electron chi connectivity index (χ1n) is 6.53. The highest BCUT2D eigenvalue weighted by molar-refractivity contribution is 9.10. The van der Waals surface area contributed by atoms with Gasteiger partial charge in [-0.05, 0) is 30.5 Å². The van der Waals surface area contributed by atoms with E-state index in [4.69, 9.17) is 10.7 Å². The van der Waals surface area contributed by atoms with Crippen LogP contribution in [0.2, 0.25) is 0 Å². The Kier molecular flexibility index (Phi) is 5.36. The van der Waals surface area contributed by atoms with Crippen molar-refractivity contribution >= 4 is 21.8 Å². The molecule has 1 aromatic rings. The third kappa shape index (κ3) is 4.30. The van der Waals surface area contributed by atoms with Crippen molar-refractivity contribution < 1.29 is 9.63 Å². The molecule has 2 rings (SSSR count). The van der Waals surface area contributed by atoms with Gasteiger partial charge in [0.05, 0.1) is 13.0 Å². The summed E-state index contributed by atoms with van der Waals surface area (Å²) >= 11 is 3.39. The Morgan fingerprint density at radius 3 is 2.84 bits per heavy atom. The molecular formula is C14H19BrN2O2. The molecule has 0 bridgehead atoms. The van der Waals surface area contributed by atoms with E-state index in [1.54, 1.807) is 0 Å². The van der Waals surface area contributed by atoms with Crippen LogP contribution in [-0.4, -0.2) is 30.5 Å². The molecule has 1 unspecified atom stereocenters. The first-order chi connectivity index (χ1) is 9.19. The zero-order chi connectivity index (χ0) is 13.7. The minimum Gasteiger partial charge on any atom is -0.342 e. The van der Waals surface area contributed by atoms with E-state index in [0.717, 1.165) is 36.0 Å². The molecule has 1 aromatic carbocycles. The molecule has 1 amide bonds. The van der Waals surface area contributed by atoms with Crippen molar-refractivity contribution in [2.75, 3.05) is 19.7 Å². The quantitative estimate of drug-likeness (QED) is 0.862. The lowest BCUT2D eigenvalue weighted by Crippen LogP contribution is -2.42. The smallest absolute Gasteiger partial charge is 0.226 e. The number of piperidine rings is 1. The first-order valence-corrected chi connectivity index (χ1v) is 7.32. The van der Waals surface area contributed by atoms with Gasteiger partial charge in [-0.15, -0.1) is 0 Å². The molecule has 104 valence electrons. The van der Waals surface area contributed by atoms with Crippen molar-refractivity contribution in [1.82, 2.24) is 4.90 Å². The molecule has 5 heteroatoms. The van der Waals surface area contributed by atoms with Gasteiger partial charge in [0, 0.05) is 23.5 Å². The fourth-order valence-corrected chi connectivity index (χ4v) is 2.72. The number of rotatable bonds is 4. The largest absolute Gasteiger partial charge is 0.342 e. The van der Waals surface area contributed by atoms with Gasteiger partial charge in [-0.25, -0.2) is 5.90 Å². The van der Waals surface area contributed by atoms with Gasteiger partial charge in [0.25, 0.3) is 0 Å². The molecule has 1 aliphatic heterocycles. The Morgan fingerprint density at radius 2 is 2.16 bits per heavy atom. The van der Waals surface area contributed by atoms with Gasteiger partial charge in [-0.2, -0.15) is 0 Å². The Morgan fingerprint density at radius 1 is 1.42 bits per heavy atom. The Labute approximate surface area is 122 Å². The summed E-state index contributed by atoms with van der Waals surface area (Å²) in [5.74, 6) is 5.66. The predicted molar refractivity (Wildman–Crippen MR) is 77.3 cm³/mol. The number of carbonyl (C=O) groups is 1. The number of halogens is 1. The number of nitrogens with two attached hydrogens (primary N) is 1. The molecule has 0 aromatic heterocycles. The summed E-state index contributed by atoms with van der Waals surface area (Å²) < 4.78 is 1.03. The Hall–Kier alpha value is -0.910. The first kappa shape index (κ1) is 14.5. The molecule has 1 aliphatic rings. The molecule has 0 spiro atoms. The van der Waals surface area contributed by atoms with Crippen LogP contribution in [-0.2, 0) is 16.1 Å². The molecule has 19 heavy (non-hydrogen) atoms. The number of amides is 1. The highest BCUT2D eigenvalue weighted by Crippen LogP contribution is 2.18. The van der Waals surface area contributed by atoms with Gasteiger partial charge >= 0.3 is 0 Å². The maximum absolute atomic E-state index is 12.2. The van der Waals surface area contributed by atoms with Crippen molar-refractivity contribution in [3.63, 3.8) is 0 Å². The predicted octanol–water partition coefficient (Wildman–Crippen LogP) is 2.12. The second-order valence-corrected chi connectivity index (χ2v) is 5.90. The van der Waals surface area contributed by atoms with Crippen LogP contribution in [0.4, 0.5) is 0 Å². The van der Waals surface area contributed by atoms with Gasteiger partial charge in [-0.3, -0.25) is 4.79 Å². The monoisotopic (exact) mass is 326 g/mol. The summed E-state index contributed by atoms with van der Waals surface area (Å²) in [6.07, 6.45) is 2.57. The van der Waals surface area contributed by atoms with Gasteiger partial charge in [0.2, 0.25) is 5.91 Å². The van der Waals surface area contributed by atoms with Crippen molar-refractivity contribution in [2.45, 2.75) is 19.3 Å². The van der Waals surface area contributed by atoms with Crippen LogP contribution in [0.1, 0.15) is 18.4 Å². The van der Waals surface area contributed by atoms with E-state index in [9.17, 15) is 4.79 Å². The Bertz CT molecular complexity index is 420. The molecule has 1 saturated heterocycles. The SMILES string of the molecule is NOCC1CCCN(C(=O)Cc2ccc(Br)cc2)C1. The summed E-state index contributed by atoms with van der Waals surface area (Å²) in [5, 5.41) is 0. The number of likely N-dealkylation sites (tertiary alicyclic amines) is 1. The van der Waals surface area contributed by atoms with Crippen LogP contribution in [0, 0.1) is 5.92 Å². The lowest BCUT2D eigenvalue weighted by Gasteiger charge is -2.32. The third-order valence-corrected chi connectivity index (χ3v) is 4.00. The maximum atomic E-state index is 12.2. The number of benzene rings is 1. The molecule has 0 aliphatic carbocycles. The van der Waals surface area contributed by atoms with Crippen LogP contribution in [0.15, 0.2) is 28.7 Å². The second kappa shape index (κ2) is 7.03. The average Bonchev–Trinajstić information content (AvgIpc) is 2.42. The second-order valence-electron chi connectivity index (χ2n) is 4.98. The van der Waals surface area contributed by atoms with Gasteiger partial charge in [0.15, 0.2) is 0 Å². The fourth-order valence-electron chi connectivity index (χ4n) is 2.45. The summed E-state index contributed by atoms with van der Waals surface area (Å²) in [6.45, 7) is 2.13.